The van der Waals surface area contributed by atoms with Crippen LogP contribution in [0.15, 0.2) is 59.1 Å². The van der Waals surface area contributed by atoms with Gasteiger partial charge in [0.2, 0.25) is 6.79 Å². The summed E-state index contributed by atoms with van der Waals surface area (Å²) in [5.41, 5.74) is 1.67. The number of nitrogens with one attached hydrogen (secondary N) is 2. The summed E-state index contributed by atoms with van der Waals surface area (Å²) >= 11 is 1.62. The summed E-state index contributed by atoms with van der Waals surface area (Å²) in [5, 5.41) is 15.0. The first-order chi connectivity index (χ1) is 12.7. The highest BCUT2D eigenvalue weighted by Crippen LogP contribution is 2.32. The van der Waals surface area contributed by atoms with Crippen molar-refractivity contribution in [3.05, 3.63) is 59.8 Å². The normalized spacial score (nSPS) is 12.4. The van der Waals surface area contributed by atoms with Gasteiger partial charge in [0.25, 0.3) is 5.91 Å². The minimum Gasteiger partial charge on any atom is -0.454 e. The van der Waals surface area contributed by atoms with E-state index >= 15 is 0 Å². The Morgan fingerprint density at radius 2 is 2.12 bits per heavy atom. The van der Waals surface area contributed by atoms with Gasteiger partial charge in [-0.05, 0) is 42.2 Å². The van der Waals surface area contributed by atoms with Crippen LogP contribution in [0.5, 0.6) is 11.5 Å². The van der Waals surface area contributed by atoms with Crippen molar-refractivity contribution in [2.45, 2.75) is 11.4 Å². The molecule has 6 nitrogen and oxygen atoms in total. The monoisotopic (exact) mass is 367 g/mol. The molecule has 132 valence electrons. The average Bonchev–Trinajstić information content (AvgIpc) is 3.14. The molecule has 0 aromatic heterocycles. The van der Waals surface area contributed by atoms with E-state index in [1.165, 1.54) is 6.20 Å². The van der Waals surface area contributed by atoms with Crippen molar-refractivity contribution in [2.24, 2.45) is 0 Å². The van der Waals surface area contributed by atoms with Gasteiger partial charge in [-0.3, -0.25) is 4.79 Å². The molecule has 0 aliphatic carbocycles. The molecule has 1 heterocycles. The van der Waals surface area contributed by atoms with Gasteiger partial charge in [0.1, 0.15) is 11.6 Å². The Bertz CT molecular complexity index is 890. The van der Waals surface area contributed by atoms with E-state index in [1.807, 2.05) is 48.7 Å². The number of nitrogens with zero attached hydrogens (tertiary/aromatic N) is 1. The molecule has 26 heavy (non-hydrogen) atoms. The number of amides is 1. The first kappa shape index (κ1) is 17.7. The minimum atomic E-state index is -0.446. The van der Waals surface area contributed by atoms with Crippen LogP contribution in [0.3, 0.4) is 0 Å². The Morgan fingerprint density at radius 3 is 2.92 bits per heavy atom. The van der Waals surface area contributed by atoms with Gasteiger partial charge < -0.3 is 20.1 Å². The van der Waals surface area contributed by atoms with Crippen LogP contribution in [-0.4, -0.2) is 19.0 Å². The van der Waals surface area contributed by atoms with Crippen molar-refractivity contribution in [3.63, 3.8) is 0 Å². The fourth-order valence-corrected chi connectivity index (χ4v) is 2.80. The van der Waals surface area contributed by atoms with Crippen LogP contribution >= 0.6 is 11.8 Å². The molecule has 0 spiro atoms. The standard InChI is InChI=1S/C19H17N3O3S/c1-26-16-4-2-3-15(8-16)21-11-14(9-20)19(23)22-10-13-5-6-17-18(7-13)25-12-24-17/h2-8,11,21H,10,12H2,1H3,(H,22,23)/b14-11-. The Morgan fingerprint density at radius 1 is 1.27 bits per heavy atom. The lowest BCUT2D eigenvalue weighted by Gasteiger charge is -2.07. The molecule has 1 aliphatic heterocycles. The second-order valence-corrected chi connectivity index (χ2v) is 6.30. The molecule has 3 rings (SSSR count). The van der Waals surface area contributed by atoms with Crippen LogP contribution in [0.2, 0.25) is 0 Å². The minimum absolute atomic E-state index is 0.000276. The Kier molecular flexibility index (Phi) is 5.66. The molecule has 2 aromatic carbocycles. The van der Waals surface area contributed by atoms with Crippen molar-refractivity contribution in [3.8, 4) is 17.6 Å². The zero-order chi connectivity index (χ0) is 18.4. The number of hydrogen-bond donors (Lipinski definition) is 2. The van der Waals surface area contributed by atoms with E-state index in [0.29, 0.717) is 11.5 Å². The van der Waals surface area contributed by atoms with Gasteiger partial charge in [0, 0.05) is 23.3 Å². The highest BCUT2D eigenvalue weighted by Gasteiger charge is 2.14. The first-order valence-electron chi connectivity index (χ1n) is 7.87. The molecule has 7 heteroatoms. The highest BCUT2D eigenvalue weighted by molar-refractivity contribution is 7.98. The zero-order valence-corrected chi connectivity index (χ0v) is 14.9. The number of hydrogen-bond acceptors (Lipinski definition) is 6. The van der Waals surface area contributed by atoms with Gasteiger partial charge >= 0.3 is 0 Å². The molecule has 0 bridgehead atoms. The molecule has 0 saturated carbocycles. The fourth-order valence-electron chi connectivity index (χ4n) is 2.35. The molecule has 0 saturated heterocycles. The molecule has 1 aliphatic rings. The van der Waals surface area contributed by atoms with Crippen LogP contribution in [-0.2, 0) is 11.3 Å². The first-order valence-corrected chi connectivity index (χ1v) is 9.09. The third-order valence-electron chi connectivity index (χ3n) is 3.71. The Labute approximate surface area is 155 Å². The molecular formula is C19H17N3O3S. The van der Waals surface area contributed by atoms with Gasteiger partial charge in [0.15, 0.2) is 11.5 Å². The molecule has 0 unspecified atom stereocenters. The highest BCUT2D eigenvalue weighted by atomic mass is 32.2. The van der Waals surface area contributed by atoms with E-state index in [2.05, 4.69) is 10.6 Å². The summed E-state index contributed by atoms with van der Waals surface area (Å²) in [4.78, 5) is 13.3. The summed E-state index contributed by atoms with van der Waals surface area (Å²) in [5.74, 6) is 0.899. The number of nitriles is 1. The van der Waals surface area contributed by atoms with Crippen molar-refractivity contribution >= 4 is 23.4 Å². The van der Waals surface area contributed by atoms with E-state index in [-0.39, 0.29) is 18.9 Å². The van der Waals surface area contributed by atoms with Gasteiger partial charge in [-0.1, -0.05) is 12.1 Å². The number of carbonyl (C=O) groups excluding carboxylic acids is 1. The van der Waals surface area contributed by atoms with Crippen LogP contribution < -0.4 is 20.1 Å². The number of rotatable bonds is 6. The predicted octanol–water partition coefficient (Wildman–Crippen LogP) is 3.27. The maximum absolute atomic E-state index is 12.2. The maximum atomic E-state index is 12.2. The molecule has 2 N–H and O–H groups in total. The van der Waals surface area contributed by atoms with E-state index < -0.39 is 5.91 Å². The number of thioether (sulfide) groups is 1. The lowest BCUT2D eigenvalue weighted by Crippen LogP contribution is -2.24. The lowest BCUT2D eigenvalue weighted by atomic mass is 10.2. The topological polar surface area (TPSA) is 83.4 Å². The van der Waals surface area contributed by atoms with Crippen LogP contribution in [0.25, 0.3) is 0 Å². The molecule has 0 atom stereocenters. The molecule has 1 amide bonds. The smallest absolute Gasteiger partial charge is 0.263 e. The summed E-state index contributed by atoms with van der Waals surface area (Å²) in [6.45, 7) is 0.492. The van der Waals surface area contributed by atoms with Crippen molar-refractivity contribution in [1.82, 2.24) is 5.32 Å². The zero-order valence-electron chi connectivity index (χ0n) is 14.1. The number of fused-ring (bicyclic) bond motifs is 1. The second-order valence-electron chi connectivity index (χ2n) is 5.42. The SMILES string of the molecule is CSc1cccc(N/C=C(/C#N)C(=O)NCc2ccc3c(c2)OCO3)c1. The van der Waals surface area contributed by atoms with Gasteiger partial charge in [0.05, 0.1) is 0 Å². The molecule has 2 aromatic rings. The number of carbonyl (C=O) groups is 1. The maximum Gasteiger partial charge on any atom is 0.263 e. The summed E-state index contributed by atoms with van der Waals surface area (Å²) in [6, 6.07) is 15.1. The van der Waals surface area contributed by atoms with E-state index in [0.717, 1.165) is 16.1 Å². The van der Waals surface area contributed by atoms with E-state index in [9.17, 15) is 10.1 Å². The number of anilines is 1. The lowest BCUT2D eigenvalue weighted by molar-refractivity contribution is -0.117. The Hall–Kier alpha value is -3.11. The molecule has 0 radical (unpaired) electrons. The summed E-state index contributed by atoms with van der Waals surface area (Å²) < 4.78 is 10.6. The summed E-state index contributed by atoms with van der Waals surface area (Å²) in [7, 11) is 0. The van der Waals surface area contributed by atoms with Crippen LogP contribution in [0.4, 0.5) is 5.69 Å². The molecular weight excluding hydrogens is 350 g/mol. The third kappa shape index (κ3) is 4.29. The molecule has 0 fully saturated rings. The summed E-state index contributed by atoms with van der Waals surface area (Å²) in [6.07, 6.45) is 3.40. The average molecular weight is 367 g/mol. The van der Waals surface area contributed by atoms with Gasteiger partial charge in [-0.25, -0.2) is 0 Å². The van der Waals surface area contributed by atoms with Crippen molar-refractivity contribution in [2.75, 3.05) is 18.4 Å². The van der Waals surface area contributed by atoms with E-state index in [1.54, 1.807) is 17.8 Å². The predicted molar refractivity (Wildman–Crippen MR) is 100.0 cm³/mol. The van der Waals surface area contributed by atoms with Crippen molar-refractivity contribution < 1.29 is 14.3 Å². The number of ether oxygens (including phenoxy) is 2. The second kappa shape index (κ2) is 8.32. The van der Waals surface area contributed by atoms with E-state index in [4.69, 9.17) is 9.47 Å². The van der Waals surface area contributed by atoms with Crippen molar-refractivity contribution in [1.29, 1.82) is 5.26 Å². The quantitative estimate of drug-likeness (QED) is 0.463. The number of benzene rings is 2. The largest absolute Gasteiger partial charge is 0.454 e. The van der Waals surface area contributed by atoms with Crippen LogP contribution in [0.1, 0.15) is 5.56 Å². The third-order valence-corrected chi connectivity index (χ3v) is 4.43. The van der Waals surface area contributed by atoms with Gasteiger partial charge in [-0.2, -0.15) is 5.26 Å². The Balaban J connectivity index is 1.60. The van der Waals surface area contributed by atoms with Gasteiger partial charge in [-0.15, -0.1) is 11.8 Å². The van der Waals surface area contributed by atoms with Crippen LogP contribution in [0, 0.1) is 11.3 Å². The fraction of sp³-hybridized carbons (Fsp3) is 0.158.